The summed E-state index contributed by atoms with van der Waals surface area (Å²) in [4.78, 5) is 0. The van der Waals surface area contributed by atoms with E-state index < -0.39 is 0 Å². The molecule has 0 saturated carbocycles. The average Bonchev–Trinajstić information content (AvgIpc) is 1.37. The van der Waals surface area contributed by atoms with Crippen LogP contribution < -0.4 is 5.53 Å². The van der Waals surface area contributed by atoms with Gasteiger partial charge in [0.15, 0.2) is 0 Å². The van der Waals surface area contributed by atoms with Crippen LogP contribution in [0.4, 0.5) is 0 Å². The van der Waals surface area contributed by atoms with E-state index in [0.717, 1.165) is 6.19 Å². The molecule has 1 radical (unpaired) electrons. The Balaban J connectivity index is 2.92. The summed E-state index contributed by atoms with van der Waals surface area (Å²) in [6.45, 7) is 0. The molecule has 0 unspecified atom stereocenters. The second-order valence-electron chi connectivity index (χ2n) is 0.200. The van der Waals surface area contributed by atoms with Gasteiger partial charge in [0.2, 0.25) is 6.19 Å². The van der Waals surface area contributed by atoms with Crippen molar-refractivity contribution in [2.45, 2.75) is 0 Å². The van der Waals surface area contributed by atoms with Gasteiger partial charge in [-0.3, -0.25) is 0 Å². The van der Waals surface area contributed by atoms with E-state index >= 15 is 0 Å². The third-order valence-electron chi connectivity index (χ3n) is 0.0447. The van der Waals surface area contributed by atoms with Gasteiger partial charge in [-0.25, -0.2) is 0 Å². The van der Waals surface area contributed by atoms with Crippen LogP contribution in [0.15, 0.2) is 5.11 Å². The van der Waals surface area contributed by atoms with Gasteiger partial charge in [-0.1, -0.05) is 0 Å². The predicted molar refractivity (Wildman–Crippen MR) is 10.2 cm³/mol. The normalized spacial score (nSPS) is 3.75. The largest absolute Gasteiger partial charge is 0.227 e. The Bertz CT molecular complexity index is 48.8. The molecule has 0 aromatic rings. The lowest BCUT2D eigenvalue weighted by molar-refractivity contribution is 1.29. The van der Waals surface area contributed by atoms with Crippen molar-refractivity contribution in [3.63, 3.8) is 0 Å². The van der Waals surface area contributed by atoms with Crippen LogP contribution >= 0.6 is 0 Å². The maximum atomic E-state index is 7.21. The Kier molecular flexibility index (Phi) is 1.61. The van der Waals surface area contributed by atoms with Crippen molar-refractivity contribution in [2.75, 3.05) is 0 Å². The molecule has 0 atom stereocenters. The first-order valence-electron chi connectivity index (χ1n) is 0.647. The summed E-state index contributed by atoms with van der Waals surface area (Å²) in [7, 11) is 0. The van der Waals surface area contributed by atoms with Crippen LogP contribution in [-0.4, -0.2) is 0 Å². The molecule has 3 heteroatoms. The molecule has 0 rings (SSSR count). The van der Waals surface area contributed by atoms with Crippen LogP contribution in [0.3, 0.4) is 0 Å². The van der Waals surface area contributed by atoms with Gasteiger partial charge in [-0.05, 0) is 10.6 Å². The van der Waals surface area contributed by atoms with Crippen LogP contribution in [0.5, 0.6) is 0 Å². The zero-order valence-electron chi connectivity index (χ0n) is 1.84. The fraction of sp³-hybridized carbons (Fsp3) is 0. The van der Waals surface area contributed by atoms with Gasteiger partial charge in [-0.2, -0.15) is 5.26 Å². The minimum Gasteiger partial charge on any atom is -0.169 e. The van der Waals surface area contributed by atoms with Gasteiger partial charge < -0.3 is 0 Å². The standard InChI is InChI=1S/CN3/c2-1-4-3. The van der Waals surface area contributed by atoms with Crippen molar-refractivity contribution in [3.05, 3.63) is 0 Å². The highest BCUT2D eigenvalue weighted by Crippen LogP contribution is 1.36. The van der Waals surface area contributed by atoms with Gasteiger partial charge in [0, 0.05) is 0 Å². The highest BCUT2D eigenvalue weighted by atomic mass is 14.9. The van der Waals surface area contributed by atoms with Crippen molar-refractivity contribution >= 4 is 0 Å². The number of hydrogen-bond acceptors (Lipinski definition) is 2. The SMILES string of the molecule is [N]=NC#N. The van der Waals surface area contributed by atoms with Gasteiger partial charge in [0.1, 0.15) is 0 Å². The van der Waals surface area contributed by atoms with Crippen LogP contribution in [0.2, 0.25) is 0 Å². The van der Waals surface area contributed by atoms with E-state index in [9.17, 15) is 0 Å². The molecule has 0 aliphatic carbocycles. The van der Waals surface area contributed by atoms with Gasteiger partial charge in [-0.15, -0.1) is 0 Å². The van der Waals surface area contributed by atoms with Crippen LogP contribution in [0, 0.1) is 11.5 Å². The number of rotatable bonds is 0. The lowest BCUT2D eigenvalue weighted by Crippen LogP contribution is -1.33. The second kappa shape index (κ2) is 2.09. The van der Waals surface area contributed by atoms with Crippen LogP contribution in [0.1, 0.15) is 0 Å². The van der Waals surface area contributed by atoms with E-state index in [0.29, 0.717) is 0 Å². The van der Waals surface area contributed by atoms with Crippen molar-refractivity contribution in [1.29, 1.82) is 5.26 Å². The monoisotopic (exact) mass is 54.0 g/mol. The van der Waals surface area contributed by atoms with E-state index in [4.69, 9.17) is 10.8 Å². The lowest BCUT2D eigenvalue weighted by atomic mass is 11.5. The first-order chi connectivity index (χ1) is 1.91. The van der Waals surface area contributed by atoms with E-state index in [2.05, 4.69) is 0 Å². The second-order valence-corrected chi connectivity index (χ2v) is 0.200. The summed E-state index contributed by atoms with van der Waals surface area (Å²) in [5, 5.41) is 9.25. The molecule has 0 aromatic carbocycles. The molecule has 19 valence electrons. The first kappa shape index (κ1) is 3.09. The van der Waals surface area contributed by atoms with Crippen LogP contribution in [0.25, 0.3) is 0 Å². The summed E-state index contributed by atoms with van der Waals surface area (Å²) < 4.78 is 0. The molecule has 0 heterocycles. The fourth-order valence-electron chi connectivity index (χ4n) is 0. The van der Waals surface area contributed by atoms with Gasteiger partial charge in [0.25, 0.3) is 0 Å². The molecular formula is CN3. The summed E-state index contributed by atoms with van der Waals surface area (Å²) in [5.41, 5.74) is 7.14. The molecule has 0 aliphatic heterocycles. The molecule has 4 heavy (non-hydrogen) atoms. The molecular weight excluding hydrogens is 54.0 g/mol. The molecule has 0 N–H and O–H groups in total. The zero-order valence-corrected chi connectivity index (χ0v) is 1.84. The quantitative estimate of drug-likeness (QED) is 0.277. The minimum absolute atomic E-state index is 1.11. The summed E-state index contributed by atoms with van der Waals surface area (Å²) in [6.07, 6.45) is 1.11. The fourth-order valence-corrected chi connectivity index (χ4v) is 0. The Hall–Kier alpha value is -0.910. The zero-order chi connectivity index (χ0) is 3.41. The van der Waals surface area contributed by atoms with E-state index in [1.807, 2.05) is 5.11 Å². The van der Waals surface area contributed by atoms with Crippen LogP contribution in [-0.2, 0) is 0 Å². The molecule has 0 bridgehead atoms. The van der Waals surface area contributed by atoms with Crippen molar-refractivity contribution in [1.82, 2.24) is 5.53 Å². The first-order valence-corrected chi connectivity index (χ1v) is 0.647. The number of nitrogens with zero attached hydrogens (tertiary/aromatic N) is 3. The third kappa shape index (κ3) is 1.09. The highest BCUT2D eigenvalue weighted by molar-refractivity contribution is 4.53. The van der Waals surface area contributed by atoms with Crippen molar-refractivity contribution < 1.29 is 0 Å². The van der Waals surface area contributed by atoms with E-state index in [1.165, 1.54) is 0 Å². The topological polar surface area (TPSA) is 58.4 Å². The van der Waals surface area contributed by atoms with Gasteiger partial charge in [0.05, 0.1) is 0 Å². The predicted octanol–water partition coefficient (Wildman–Crippen LogP) is -0.280. The summed E-state index contributed by atoms with van der Waals surface area (Å²) in [5.74, 6) is 0. The molecule has 0 saturated heterocycles. The molecule has 0 aliphatic rings. The van der Waals surface area contributed by atoms with E-state index in [1.54, 1.807) is 0 Å². The molecule has 0 spiro atoms. The smallest absolute Gasteiger partial charge is 0.169 e. The molecule has 3 nitrogen and oxygen atoms in total. The summed E-state index contributed by atoms with van der Waals surface area (Å²) in [6, 6.07) is 0. The minimum atomic E-state index is 1.11. The number of hydrogen-bond donors (Lipinski definition) is 0. The Morgan fingerprint density at radius 3 is 2.00 bits per heavy atom. The Labute approximate surface area is 23.4 Å². The summed E-state index contributed by atoms with van der Waals surface area (Å²) >= 11 is 0. The van der Waals surface area contributed by atoms with Crippen molar-refractivity contribution in [2.24, 2.45) is 5.11 Å². The van der Waals surface area contributed by atoms with E-state index in [-0.39, 0.29) is 0 Å². The highest BCUT2D eigenvalue weighted by Gasteiger charge is 1.38. The number of nitriles is 1. The molecule has 0 aromatic heterocycles. The molecule has 0 fully saturated rings. The maximum absolute atomic E-state index is 7.21. The third-order valence-corrected chi connectivity index (χ3v) is 0.0447. The Morgan fingerprint density at radius 1 is 1.75 bits per heavy atom. The molecule has 0 amide bonds. The maximum Gasteiger partial charge on any atom is 0.227 e. The van der Waals surface area contributed by atoms with Crippen molar-refractivity contribution in [3.8, 4) is 6.19 Å². The Morgan fingerprint density at radius 2 is 2.00 bits per heavy atom. The lowest BCUT2D eigenvalue weighted by Gasteiger charge is -1.27. The average molecular weight is 54.0 g/mol. The van der Waals surface area contributed by atoms with Gasteiger partial charge >= 0.3 is 0 Å².